The molecular weight excluding hydrogens is 338 g/mol. The number of ether oxygens (including phenoxy) is 1. The molecule has 0 bridgehead atoms. The zero-order valence-electron chi connectivity index (χ0n) is 13.7. The van der Waals surface area contributed by atoms with Crippen molar-refractivity contribution >= 4 is 28.5 Å². The standard InChI is InChI=1S/C20H18ClNO3/c1-2-14(13-7-4-3-5-8-13)19(20(23)24)25-17-11-10-16(21)15-9-6-12-22-18(15)17/h3-12,14,19H,2H2,1H3,(H,23,24). The Morgan fingerprint density at radius 1 is 1.16 bits per heavy atom. The van der Waals surface area contributed by atoms with Crippen LogP contribution in [0.3, 0.4) is 0 Å². The number of hydrogen-bond donors (Lipinski definition) is 1. The van der Waals surface area contributed by atoms with Gasteiger partial charge >= 0.3 is 5.97 Å². The van der Waals surface area contributed by atoms with Crippen molar-refractivity contribution in [2.24, 2.45) is 0 Å². The summed E-state index contributed by atoms with van der Waals surface area (Å²) >= 11 is 6.20. The molecule has 3 rings (SSSR count). The summed E-state index contributed by atoms with van der Waals surface area (Å²) < 4.78 is 5.93. The molecule has 0 spiro atoms. The SMILES string of the molecule is CCC(c1ccccc1)C(Oc1ccc(Cl)c2cccnc12)C(=O)O. The lowest BCUT2D eigenvalue weighted by atomic mass is 9.91. The van der Waals surface area contributed by atoms with Crippen molar-refractivity contribution < 1.29 is 14.6 Å². The van der Waals surface area contributed by atoms with Crippen LogP contribution in [0.4, 0.5) is 0 Å². The second kappa shape index (κ2) is 7.53. The topological polar surface area (TPSA) is 59.4 Å². The van der Waals surface area contributed by atoms with E-state index in [1.165, 1.54) is 0 Å². The summed E-state index contributed by atoms with van der Waals surface area (Å²) in [4.78, 5) is 16.2. The summed E-state index contributed by atoms with van der Waals surface area (Å²) in [6.07, 6.45) is 1.26. The van der Waals surface area contributed by atoms with E-state index in [4.69, 9.17) is 16.3 Å². The smallest absolute Gasteiger partial charge is 0.345 e. The van der Waals surface area contributed by atoms with Crippen LogP contribution >= 0.6 is 11.6 Å². The Balaban J connectivity index is 2.01. The lowest BCUT2D eigenvalue weighted by molar-refractivity contribution is -0.146. The number of rotatable bonds is 6. The minimum atomic E-state index is -1.02. The highest BCUT2D eigenvalue weighted by molar-refractivity contribution is 6.35. The molecule has 0 saturated heterocycles. The average molecular weight is 356 g/mol. The normalized spacial score (nSPS) is 13.4. The quantitative estimate of drug-likeness (QED) is 0.682. The van der Waals surface area contributed by atoms with E-state index >= 15 is 0 Å². The fourth-order valence-electron chi connectivity index (χ4n) is 2.97. The number of pyridine rings is 1. The third-order valence-electron chi connectivity index (χ3n) is 4.21. The highest BCUT2D eigenvalue weighted by atomic mass is 35.5. The third kappa shape index (κ3) is 3.59. The van der Waals surface area contributed by atoms with E-state index in [9.17, 15) is 9.90 Å². The molecule has 128 valence electrons. The Kier molecular flexibility index (Phi) is 5.19. The molecule has 0 fully saturated rings. The van der Waals surface area contributed by atoms with E-state index in [2.05, 4.69) is 4.98 Å². The fourth-order valence-corrected chi connectivity index (χ4v) is 3.19. The summed E-state index contributed by atoms with van der Waals surface area (Å²) in [5.74, 6) is -0.857. The van der Waals surface area contributed by atoms with Crippen LogP contribution in [0.1, 0.15) is 24.8 Å². The molecule has 1 N–H and O–H groups in total. The first-order valence-electron chi connectivity index (χ1n) is 8.09. The fraction of sp³-hybridized carbons (Fsp3) is 0.200. The number of fused-ring (bicyclic) bond motifs is 1. The average Bonchev–Trinajstić information content (AvgIpc) is 2.64. The second-order valence-corrected chi connectivity index (χ2v) is 6.15. The first-order chi connectivity index (χ1) is 12.1. The van der Waals surface area contributed by atoms with Crippen molar-refractivity contribution in [2.45, 2.75) is 25.4 Å². The predicted molar refractivity (Wildman–Crippen MR) is 98.3 cm³/mol. The molecule has 0 aliphatic carbocycles. The van der Waals surface area contributed by atoms with E-state index in [1.807, 2.05) is 43.3 Å². The van der Waals surface area contributed by atoms with Gasteiger partial charge in [-0.05, 0) is 36.2 Å². The Morgan fingerprint density at radius 2 is 1.92 bits per heavy atom. The van der Waals surface area contributed by atoms with Gasteiger partial charge in [-0.1, -0.05) is 48.9 Å². The minimum absolute atomic E-state index is 0.270. The molecule has 0 saturated carbocycles. The number of aromatic nitrogens is 1. The summed E-state index contributed by atoms with van der Waals surface area (Å²) in [5, 5.41) is 11.0. The summed E-state index contributed by atoms with van der Waals surface area (Å²) in [6, 6.07) is 16.5. The maximum atomic E-state index is 11.9. The lowest BCUT2D eigenvalue weighted by Crippen LogP contribution is -2.33. The van der Waals surface area contributed by atoms with Gasteiger partial charge in [-0.25, -0.2) is 4.79 Å². The lowest BCUT2D eigenvalue weighted by Gasteiger charge is -2.24. The number of carboxylic acid groups (broad SMARTS) is 1. The van der Waals surface area contributed by atoms with Crippen LogP contribution in [0.15, 0.2) is 60.8 Å². The number of benzene rings is 2. The van der Waals surface area contributed by atoms with Crippen LogP contribution in [-0.2, 0) is 4.79 Å². The van der Waals surface area contributed by atoms with Gasteiger partial charge in [0.1, 0.15) is 11.3 Å². The number of hydrogen-bond acceptors (Lipinski definition) is 3. The number of nitrogens with zero attached hydrogens (tertiary/aromatic N) is 1. The largest absolute Gasteiger partial charge is 0.478 e. The molecule has 2 atom stereocenters. The molecule has 4 nitrogen and oxygen atoms in total. The Bertz CT molecular complexity index is 883. The summed E-state index contributed by atoms with van der Waals surface area (Å²) in [5.41, 5.74) is 1.49. The molecule has 5 heteroatoms. The van der Waals surface area contributed by atoms with Crippen molar-refractivity contribution in [1.29, 1.82) is 0 Å². The first kappa shape index (κ1) is 17.2. The van der Waals surface area contributed by atoms with Crippen LogP contribution in [0.2, 0.25) is 5.02 Å². The van der Waals surface area contributed by atoms with Gasteiger partial charge in [0.05, 0.1) is 5.02 Å². The molecule has 0 radical (unpaired) electrons. The maximum absolute atomic E-state index is 11.9. The monoisotopic (exact) mass is 355 g/mol. The van der Waals surface area contributed by atoms with Crippen molar-refractivity contribution in [3.63, 3.8) is 0 Å². The molecule has 2 aromatic carbocycles. The highest BCUT2D eigenvalue weighted by Gasteiger charge is 2.31. The van der Waals surface area contributed by atoms with Gasteiger partial charge in [0.15, 0.2) is 0 Å². The van der Waals surface area contributed by atoms with E-state index in [1.54, 1.807) is 24.4 Å². The van der Waals surface area contributed by atoms with Crippen LogP contribution in [0.5, 0.6) is 5.75 Å². The predicted octanol–water partition coefficient (Wildman–Crippen LogP) is 4.91. The molecule has 1 aromatic heterocycles. The van der Waals surface area contributed by atoms with Gasteiger partial charge in [0.25, 0.3) is 0 Å². The summed E-state index contributed by atoms with van der Waals surface area (Å²) in [7, 11) is 0. The highest BCUT2D eigenvalue weighted by Crippen LogP contribution is 2.33. The maximum Gasteiger partial charge on any atom is 0.345 e. The zero-order chi connectivity index (χ0) is 17.8. The molecule has 3 aromatic rings. The molecule has 0 aliphatic heterocycles. The Labute approximate surface area is 151 Å². The van der Waals surface area contributed by atoms with E-state index in [-0.39, 0.29) is 5.92 Å². The molecule has 1 heterocycles. The second-order valence-electron chi connectivity index (χ2n) is 5.75. The van der Waals surface area contributed by atoms with Gasteiger partial charge in [-0.3, -0.25) is 4.98 Å². The Hall–Kier alpha value is -2.59. The van der Waals surface area contributed by atoms with Crippen LogP contribution in [0.25, 0.3) is 10.9 Å². The van der Waals surface area contributed by atoms with Gasteiger partial charge in [-0.2, -0.15) is 0 Å². The van der Waals surface area contributed by atoms with Crippen LogP contribution < -0.4 is 4.74 Å². The van der Waals surface area contributed by atoms with E-state index < -0.39 is 12.1 Å². The van der Waals surface area contributed by atoms with Crippen molar-refractivity contribution in [3.05, 3.63) is 71.4 Å². The number of aliphatic carboxylic acids is 1. The van der Waals surface area contributed by atoms with Crippen molar-refractivity contribution in [3.8, 4) is 5.75 Å². The van der Waals surface area contributed by atoms with Gasteiger partial charge in [0.2, 0.25) is 6.10 Å². The third-order valence-corrected chi connectivity index (χ3v) is 4.54. The molecular formula is C20H18ClNO3. The van der Waals surface area contributed by atoms with E-state index in [0.717, 1.165) is 10.9 Å². The summed E-state index contributed by atoms with van der Waals surface area (Å²) in [6.45, 7) is 1.95. The zero-order valence-corrected chi connectivity index (χ0v) is 14.5. The number of carbonyl (C=O) groups is 1. The molecule has 0 aliphatic rings. The van der Waals surface area contributed by atoms with Gasteiger partial charge in [-0.15, -0.1) is 0 Å². The van der Waals surface area contributed by atoms with Gasteiger partial charge < -0.3 is 9.84 Å². The Morgan fingerprint density at radius 3 is 2.60 bits per heavy atom. The van der Waals surface area contributed by atoms with Crippen molar-refractivity contribution in [2.75, 3.05) is 0 Å². The van der Waals surface area contributed by atoms with E-state index in [0.29, 0.717) is 22.7 Å². The number of halogens is 1. The first-order valence-corrected chi connectivity index (χ1v) is 8.47. The van der Waals surface area contributed by atoms with Crippen LogP contribution in [0, 0.1) is 0 Å². The minimum Gasteiger partial charge on any atom is -0.478 e. The molecule has 0 amide bonds. The molecule has 2 unspecified atom stereocenters. The van der Waals surface area contributed by atoms with Crippen LogP contribution in [-0.4, -0.2) is 22.2 Å². The van der Waals surface area contributed by atoms with Crippen molar-refractivity contribution in [1.82, 2.24) is 4.98 Å². The molecule has 25 heavy (non-hydrogen) atoms. The number of carboxylic acids is 1. The van der Waals surface area contributed by atoms with Gasteiger partial charge in [0, 0.05) is 17.5 Å².